The number of carbonyl (C=O) groups is 3. The van der Waals surface area contributed by atoms with Crippen LogP contribution >= 0.6 is 11.8 Å². The van der Waals surface area contributed by atoms with E-state index in [2.05, 4.69) is 5.48 Å². The fourth-order valence-electron chi connectivity index (χ4n) is 2.81. The van der Waals surface area contributed by atoms with E-state index in [-0.39, 0.29) is 12.5 Å². The number of esters is 1. The fourth-order valence-corrected chi connectivity index (χ4v) is 4.04. The summed E-state index contributed by atoms with van der Waals surface area (Å²) in [4.78, 5) is 42.9. The van der Waals surface area contributed by atoms with E-state index in [1.807, 2.05) is 32.0 Å². The highest BCUT2D eigenvalue weighted by atomic mass is 32.2. The van der Waals surface area contributed by atoms with Gasteiger partial charge in [-0.05, 0) is 46.8 Å². The van der Waals surface area contributed by atoms with Crippen LogP contribution in [0.25, 0.3) is 0 Å². The zero-order valence-corrected chi connectivity index (χ0v) is 18.2. The molecule has 9 heteroatoms. The topological polar surface area (TPSA) is 94.2 Å². The molecule has 1 heterocycles. The molecule has 0 unspecified atom stereocenters. The van der Waals surface area contributed by atoms with Crippen LogP contribution in [0.4, 0.5) is 0 Å². The highest BCUT2D eigenvalue weighted by Gasteiger charge is 2.46. The minimum absolute atomic E-state index is 0.184. The second kappa shape index (κ2) is 9.49. The van der Waals surface area contributed by atoms with E-state index in [0.717, 1.165) is 0 Å². The fraction of sp³-hybridized carbons (Fsp3) is 0.550. The smallest absolute Gasteiger partial charge is 0.335 e. The van der Waals surface area contributed by atoms with Crippen molar-refractivity contribution < 1.29 is 28.7 Å². The lowest BCUT2D eigenvalue weighted by molar-refractivity contribution is -0.166. The molecule has 1 fully saturated rings. The van der Waals surface area contributed by atoms with E-state index in [0.29, 0.717) is 11.5 Å². The van der Waals surface area contributed by atoms with E-state index in [1.54, 1.807) is 32.9 Å². The Bertz CT molecular complexity index is 732. The maximum absolute atomic E-state index is 12.8. The Balaban J connectivity index is 1.91. The molecule has 1 saturated heterocycles. The summed E-state index contributed by atoms with van der Waals surface area (Å²) in [5.41, 5.74) is 1.61. The molecule has 1 aromatic carbocycles. The molecule has 0 spiro atoms. The lowest BCUT2D eigenvalue weighted by atomic mass is 10.2. The van der Waals surface area contributed by atoms with Crippen molar-refractivity contribution in [1.29, 1.82) is 0 Å². The van der Waals surface area contributed by atoms with Crippen molar-refractivity contribution in [3.63, 3.8) is 0 Å². The Morgan fingerprint density at radius 3 is 2.45 bits per heavy atom. The molecule has 1 N–H and O–H groups in total. The van der Waals surface area contributed by atoms with Crippen molar-refractivity contribution in [2.45, 2.75) is 51.1 Å². The monoisotopic (exact) mass is 424 g/mol. The van der Waals surface area contributed by atoms with Crippen LogP contribution in [0.15, 0.2) is 30.3 Å². The van der Waals surface area contributed by atoms with Crippen molar-refractivity contribution in [3.05, 3.63) is 30.3 Å². The molecule has 0 saturated carbocycles. The number of benzene rings is 1. The van der Waals surface area contributed by atoms with Gasteiger partial charge >= 0.3 is 5.97 Å². The van der Waals surface area contributed by atoms with E-state index in [4.69, 9.17) is 14.3 Å². The molecular formula is C20H28N2O6S. The summed E-state index contributed by atoms with van der Waals surface area (Å²) in [7, 11) is 0. The Morgan fingerprint density at radius 2 is 1.83 bits per heavy atom. The van der Waals surface area contributed by atoms with Crippen LogP contribution in [0.3, 0.4) is 0 Å². The van der Waals surface area contributed by atoms with Crippen LogP contribution in [0.2, 0.25) is 0 Å². The third-order valence-corrected chi connectivity index (χ3v) is 5.33. The van der Waals surface area contributed by atoms with E-state index >= 15 is 0 Å². The normalized spacial score (nSPS) is 18.2. The molecule has 29 heavy (non-hydrogen) atoms. The van der Waals surface area contributed by atoms with Crippen molar-refractivity contribution in [2.75, 3.05) is 19.0 Å². The summed E-state index contributed by atoms with van der Waals surface area (Å²) in [5.74, 6) is -0.419. The second-order valence-corrected chi connectivity index (χ2v) is 9.60. The molecule has 8 nitrogen and oxygen atoms in total. The number of carbonyl (C=O) groups excluding carboxylic acids is 3. The van der Waals surface area contributed by atoms with Crippen LogP contribution in [0.1, 0.15) is 34.6 Å². The molecule has 160 valence electrons. The van der Waals surface area contributed by atoms with Gasteiger partial charge in [0.2, 0.25) is 0 Å². The molecule has 0 bridgehead atoms. The van der Waals surface area contributed by atoms with E-state index in [9.17, 15) is 14.4 Å². The second-order valence-electron chi connectivity index (χ2n) is 7.98. The molecule has 2 amide bonds. The third-order valence-electron chi connectivity index (χ3n) is 3.95. The summed E-state index contributed by atoms with van der Waals surface area (Å²) in [5, 5.41) is 0. The maximum Gasteiger partial charge on any atom is 0.335 e. The Morgan fingerprint density at radius 1 is 1.17 bits per heavy atom. The first-order valence-electron chi connectivity index (χ1n) is 9.27. The number of hydrogen-bond acceptors (Lipinski definition) is 7. The van der Waals surface area contributed by atoms with E-state index < -0.39 is 35.0 Å². The summed E-state index contributed by atoms with van der Waals surface area (Å²) in [6.45, 7) is 8.35. The number of thioether (sulfide) groups is 1. The summed E-state index contributed by atoms with van der Waals surface area (Å²) < 4.78 is 10.6. The van der Waals surface area contributed by atoms with Gasteiger partial charge < -0.3 is 14.4 Å². The zero-order chi connectivity index (χ0) is 21.7. The summed E-state index contributed by atoms with van der Waals surface area (Å²) >= 11 is 1.48. The number of hydroxylamine groups is 1. The highest BCUT2D eigenvalue weighted by molar-refractivity contribution is 8.00. The number of nitrogens with one attached hydrogen (secondary N) is 1. The number of rotatable bonds is 7. The Kier molecular flexibility index (Phi) is 7.54. The Hall–Kier alpha value is -2.26. The van der Waals surface area contributed by atoms with Gasteiger partial charge in [0, 0.05) is 5.75 Å². The number of hydrogen-bond donors (Lipinski definition) is 1. The number of nitrogens with zero attached hydrogens (tertiary/aromatic N) is 1. The van der Waals surface area contributed by atoms with Crippen LogP contribution in [0, 0.1) is 0 Å². The first kappa shape index (κ1) is 23.0. The van der Waals surface area contributed by atoms with Crippen molar-refractivity contribution in [2.24, 2.45) is 0 Å². The lowest BCUT2D eigenvalue weighted by Gasteiger charge is -2.33. The maximum atomic E-state index is 12.8. The molecule has 2 rings (SSSR count). The molecule has 1 aromatic rings. The van der Waals surface area contributed by atoms with Crippen molar-refractivity contribution >= 4 is 29.5 Å². The van der Waals surface area contributed by atoms with Crippen molar-refractivity contribution in [3.8, 4) is 5.75 Å². The quantitative estimate of drug-likeness (QED) is 0.529. The minimum Gasteiger partial charge on any atom is -0.484 e. The molecule has 1 atom stereocenters. The molecule has 0 aromatic heterocycles. The van der Waals surface area contributed by atoms with Gasteiger partial charge in [0.25, 0.3) is 11.8 Å². The largest absolute Gasteiger partial charge is 0.484 e. The standard InChI is InChI=1S/C20H28N2O6S/c1-19(2,3)28-17(24)12-27-21-18(25)15-13-29-20(4,5)22(15)16(23)11-26-14-9-7-6-8-10-14/h6-10,15H,11-13H2,1-5H3,(H,21,25)/t15-/m1/s1. The van der Waals surface area contributed by atoms with Crippen LogP contribution < -0.4 is 10.2 Å². The van der Waals surface area contributed by atoms with Gasteiger partial charge in [-0.25, -0.2) is 10.3 Å². The first-order valence-corrected chi connectivity index (χ1v) is 10.3. The predicted molar refractivity (Wildman–Crippen MR) is 109 cm³/mol. The minimum atomic E-state index is -0.736. The number of amides is 2. The summed E-state index contributed by atoms with van der Waals surface area (Å²) in [6, 6.07) is 8.26. The third kappa shape index (κ3) is 6.93. The molecular weight excluding hydrogens is 396 g/mol. The van der Waals surface area contributed by atoms with E-state index in [1.165, 1.54) is 16.7 Å². The Labute approximate surface area is 175 Å². The van der Waals surface area contributed by atoms with Crippen LogP contribution in [-0.4, -0.2) is 58.2 Å². The van der Waals surface area contributed by atoms with Crippen LogP contribution in [-0.2, 0) is 24.0 Å². The van der Waals surface area contributed by atoms with Gasteiger partial charge in [0.15, 0.2) is 13.2 Å². The lowest BCUT2D eigenvalue weighted by Crippen LogP contribution is -2.54. The summed E-state index contributed by atoms with van der Waals surface area (Å²) in [6.07, 6.45) is 0. The predicted octanol–water partition coefficient (Wildman–Crippen LogP) is 2.13. The van der Waals surface area contributed by atoms with Gasteiger partial charge in [-0.3, -0.25) is 14.4 Å². The highest BCUT2D eigenvalue weighted by Crippen LogP contribution is 2.39. The molecule has 0 aliphatic carbocycles. The molecule has 1 aliphatic heterocycles. The average molecular weight is 425 g/mol. The number of para-hydroxylation sites is 1. The van der Waals surface area contributed by atoms with Crippen molar-refractivity contribution in [1.82, 2.24) is 10.4 Å². The zero-order valence-electron chi connectivity index (χ0n) is 17.4. The van der Waals surface area contributed by atoms with Gasteiger partial charge in [-0.2, -0.15) is 0 Å². The SMILES string of the molecule is CC(C)(C)OC(=O)CONC(=O)[C@H]1CSC(C)(C)N1C(=O)COc1ccccc1. The molecule has 0 radical (unpaired) electrons. The van der Waals surface area contributed by atoms with Crippen LogP contribution in [0.5, 0.6) is 5.75 Å². The van der Waals surface area contributed by atoms with Gasteiger partial charge in [-0.15, -0.1) is 11.8 Å². The van der Waals surface area contributed by atoms with Gasteiger partial charge in [0.1, 0.15) is 17.4 Å². The average Bonchev–Trinajstić information content (AvgIpc) is 2.94. The molecule has 1 aliphatic rings. The first-order chi connectivity index (χ1) is 13.5. The van der Waals surface area contributed by atoms with Gasteiger partial charge in [0.05, 0.1) is 4.87 Å². The number of ether oxygens (including phenoxy) is 2. The van der Waals surface area contributed by atoms with Gasteiger partial charge in [-0.1, -0.05) is 18.2 Å².